The van der Waals surface area contributed by atoms with Crippen molar-refractivity contribution < 1.29 is 26.4 Å². The summed E-state index contributed by atoms with van der Waals surface area (Å²) >= 11 is 0. The van der Waals surface area contributed by atoms with Crippen molar-refractivity contribution in [3.63, 3.8) is 0 Å². The van der Waals surface area contributed by atoms with Crippen LogP contribution in [-0.4, -0.2) is 88.7 Å². The maximum absolute atomic E-state index is 13.2. The molecule has 2 fully saturated rings. The van der Waals surface area contributed by atoms with Crippen molar-refractivity contribution >= 4 is 26.0 Å². The summed E-state index contributed by atoms with van der Waals surface area (Å²) < 4.78 is 59.6. The number of piperidine rings is 1. The third-order valence-corrected chi connectivity index (χ3v) is 9.80. The number of amides is 1. The van der Waals surface area contributed by atoms with Crippen molar-refractivity contribution in [2.45, 2.75) is 36.5 Å². The van der Waals surface area contributed by atoms with Gasteiger partial charge in [0.2, 0.25) is 26.0 Å². The number of ether oxygens (including phenoxy) is 1. The molecule has 2 aliphatic rings. The van der Waals surface area contributed by atoms with Crippen LogP contribution in [-0.2, 0) is 29.6 Å². The van der Waals surface area contributed by atoms with Crippen LogP contribution in [0.2, 0.25) is 0 Å². The lowest BCUT2D eigenvalue weighted by Gasteiger charge is -2.35. The van der Waals surface area contributed by atoms with Crippen LogP contribution in [0, 0.1) is 5.92 Å². The van der Waals surface area contributed by atoms with Gasteiger partial charge in [-0.15, -0.1) is 0 Å². The highest BCUT2D eigenvalue weighted by Crippen LogP contribution is 2.26. The van der Waals surface area contributed by atoms with Gasteiger partial charge < -0.3 is 9.64 Å². The standard InChI is InChI=1S/C20H31N3O6S2/c1-3-22(4-2)30(25,26)18-7-9-19(10-8-18)31(27,28)23-11-5-6-17(16-23)20(24)21-12-14-29-15-13-21/h7-10,17H,3-6,11-16H2,1-2H3. The Morgan fingerprint density at radius 1 is 1.00 bits per heavy atom. The van der Waals surface area contributed by atoms with E-state index < -0.39 is 20.0 Å². The minimum atomic E-state index is -3.82. The SMILES string of the molecule is CCN(CC)S(=O)(=O)c1ccc(S(=O)(=O)N2CCCC(C(=O)N3CCOCC3)C2)cc1. The Balaban J connectivity index is 1.75. The van der Waals surface area contributed by atoms with Crippen molar-refractivity contribution in [2.24, 2.45) is 5.92 Å². The molecule has 9 nitrogen and oxygen atoms in total. The molecule has 1 aromatic carbocycles. The predicted molar refractivity (Wildman–Crippen MR) is 115 cm³/mol. The summed E-state index contributed by atoms with van der Waals surface area (Å²) in [7, 11) is -7.48. The third-order valence-electron chi connectivity index (χ3n) is 5.86. The Bertz CT molecular complexity index is 969. The van der Waals surface area contributed by atoms with Crippen molar-refractivity contribution in [2.75, 3.05) is 52.5 Å². The van der Waals surface area contributed by atoms with Gasteiger partial charge in [0.05, 0.1) is 28.9 Å². The van der Waals surface area contributed by atoms with E-state index in [-0.39, 0.29) is 28.2 Å². The molecular weight excluding hydrogens is 442 g/mol. The van der Waals surface area contributed by atoms with Crippen LogP contribution in [0.3, 0.4) is 0 Å². The summed E-state index contributed by atoms with van der Waals surface area (Å²) in [5.74, 6) is -0.396. The molecule has 11 heteroatoms. The van der Waals surface area contributed by atoms with Crippen molar-refractivity contribution in [1.29, 1.82) is 0 Å². The highest BCUT2D eigenvalue weighted by molar-refractivity contribution is 7.89. The maximum Gasteiger partial charge on any atom is 0.243 e. The van der Waals surface area contributed by atoms with E-state index in [2.05, 4.69) is 0 Å². The van der Waals surface area contributed by atoms with Gasteiger partial charge in [0.1, 0.15) is 0 Å². The minimum absolute atomic E-state index is 0.0242. The van der Waals surface area contributed by atoms with Crippen LogP contribution in [0.1, 0.15) is 26.7 Å². The minimum Gasteiger partial charge on any atom is -0.378 e. The Morgan fingerprint density at radius 3 is 2.16 bits per heavy atom. The van der Waals surface area contributed by atoms with Gasteiger partial charge in [-0.1, -0.05) is 13.8 Å². The predicted octanol–water partition coefficient (Wildman–Crippen LogP) is 0.977. The van der Waals surface area contributed by atoms with E-state index in [9.17, 15) is 21.6 Å². The lowest BCUT2D eigenvalue weighted by Crippen LogP contribution is -2.49. The summed E-state index contributed by atoms with van der Waals surface area (Å²) in [5.41, 5.74) is 0. The molecule has 2 saturated heterocycles. The number of nitrogens with zero attached hydrogens (tertiary/aromatic N) is 3. The van der Waals surface area contributed by atoms with Crippen LogP contribution in [0.15, 0.2) is 34.1 Å². The van der Waals surface area contributed by atoms with E-state index in [1.165, 1.54) is 32.9 Å². The molecule has 0 aromatic heterocycles. The van der Waals surface area contributed by atoms with Gasteiger partial charge in [-0.05, 0) is 37.1 Å². The molecule has 1 atom stereocenters. The fourth-order valence-corrected chi connectivity index (χ4v) is 7.03. The Kier molecular flexibility index (Phi) is 7.74. The quantitative estimate of drug-likeness (QED) is 0.585. The lowest BCUT2D eigenvalue weighted by molar-refractivity contribution is -0.140. The Morgan fingerprint density at radius 2 is 1.58 bits per heavy atom. The first-order valence-electron chi connectivity index (χ1n) is 10.7. The molecule has 31 heavy (non-hydrogen) atoms. The average molecular weight is 474 g/mol. The molecule has 3 rings (SSSR count). The van der Waals surface area contributed by atoms with E-state index >= 15 is 0 Å². The molecule has 0 N–H and O–H groups in total. The number of carbonyl (C=O) groups excluding carboxylic acids is 1. The summed E-state index contributed by atoms with van der Waals surface area (Å²) in [4.78, 5) is 14.7. The molecule has 0 bridgehead atoms. The van der Waals surface area contributed by atoms with Crippen molar-refractivity contribution in [3.05, 3.63) is 24.3 Å². The lowest BCUT2D eigenvalue weighted by atomic mass is 9.98. The van der Waals surface area contributed by atoms with Gasteiger partial charge in [0.15, 0.2) is 0 Å². The van der Waals surface area contributed by atoms with Gasteiger partial charge in [0.25, 0.3) is 0 Å². The average Bonchev–Trinajstić information content (AvgIpc) is 2.80. The van der Waals surface area contributed by atoms with Gasteiger partial charge in [-0.3, -0.25) is 4.79 Å². The van der Waals surface area contributed by atoms with Crippen LogP contribution >= 0.6 is 0 Å². The molecule has 1 unspecified atom stereocenters. The summed E-state index contributed by atoms with van der Waals surface area (Å²) in [5, 5.41) is 0. The van der Waals surface area contributed by atoms with E-state index in [1.807, 2.05) is 0 Å². The molecule has 2 aliphatic heterocycles. The molecule has 2 heterocycles. The van der Waals surface area contributed by atoms with Crippen LogP contribution < -0.4 is 0 Å². The molecule has 174 valence electrons. The molecule has 1 aromatic rings. The zero-order valence-electron chi connectivity index (χ0n) is 18.1. The highest BCUT2D eigenvalue weighted by atomic mass is 32.2. The first-order chi connectivity index (χ1) is 14.7. The second-order valence-electron chi connectivity index (χ2n) is 7.70. The summed E-state index contributed by atoms with van der Waals surface area (Å²) in [6.45, 7) is 6.74. The second-order valence-corrected chi connectivity index (χ2v) is 11.6. The molecule has 0 aliphatic carbocycles. The number of carbonyl (C=O) groups is 1. The smallest absolute Gasteiger partial charge is 0.243 e. The van der Waals surface area contributed by atoms with E-state index in [0.29, 0.717) is 58.8 Å². The van der Waals surface area contributed by atoms with Crippen LogP contribution in [0.5, 0.6) is 0 Å². The van der Waals surface area contributed by atoms with Gasteiger partial charge in [-0.25, -0.2) is 16.8 Å². The Hall–Kier alpha value is -1.53. The zero-order chi connectivity index (χ0) is 22.6. The van der Waals surface area contributed by atoms with Crippen LogP contribution in [0.25, 0.3) is 0 Å². The molecule has 0 spiro atoms. The molecule has 1 amide bonds. The van der Waals surface area contributed by atoms with Gasteiger partial charge in [-0.2, -0.15) is 8.61 Å². The first kappa shape index (κ1) is 24.1. The van der Waals surface area contributed by atoms with Crippen molar-refractivity contribution in [1.82, 2.24) is 13.5 Å². The zero-order valence-corrected chi connectivity index (χ0v) is 19.7. The molecule has 0 radical (unpaired) electrons. The van der Waals surface area contributed by atoms with E-state index in [0.717, 1.165) is 0 Å². The fraction of sp³-hybridized carbons (Fsp3) is 0.650. The summed E-state index contributed by atoms with van der Waals surface area (Å²) in [6.07, 6.45) is 1.26. The Labute approximate surface area is 185 Å². The van der Waals surface area contributed by atoms with E-state index in [4.69, 9.17) is 4.74 Å². The monoisotopic (exact) mass is 473 g/mol. The van der Waals surface area contributed by atoms with Gasteiger partial charge >= 0.3 is 0 Å². The number of rotatable bonds is 7. The molecule has 0 saturated carbocycles. The fourth-order valence-electron chi connectivity index (χ4n) is 4.05. The van der Waals surface area contributed by atoms with E-state index in [1.54, 1.807) is 18.7 Å². The maximum atomic E-state index is 13.2. The number of benzene rings is 1. The van der Waals surface area contributed by atoms with Crippen molar-refractivity contribution in [3.8, 4) is 0 Å². The highest BCUT2D eigenvalue weighted by Gasteiger charge is 2.35. The molecular formula is C20H31N3O6S2. The number of sulfonamides is 2. The van der Waals surface area contributed by atoms with Crippen LogP contribution in [0.4, 0.5) is 0 Å². The topological polar surface area (TPSA) is 104 Å². The summed E-state index contributed by atoms with van der Waals surface area (Å²) in [6, 6.07) is 5.33. The van der Waals surface area contributed by atoms with Gasteiger partial charge in [0, 0.05) is 39.3 Å². The number of hydrogen-bond donors (Lipinski definition) is 0. The second kappa shape index (κ2) is 9.95. The largest absolute Gasteiger partial charge is 0.378 e. The normalized spacial score (nSPS) is 21.4. The number of hydrogen-bond acceptors (Lipinski definition) is 6. The number of morpholine rings is 1. The first-order valence-corrected chi connectivity index (χ1v) is 13.6. The third kappa shape index (κ3) is 5.11.